The molecule has 5 radical (unpaired) electrons. The first-order chi connectivity index (χ1) is 15.4. The predicted molar refractivity (Wildman–Crippen MR) is 132 cm³/mol. The zero-order chi connectivity index (χ0) is 22.6. The summed E-state index contributed by atoms with van der Waals surface area (Å²) in [4.78, 5) is 0. The van der Waals surface area contributed by atoms with Gasteiger partial charge in [0, 0.05) is 7.92 Å². The highest BCUT2D eigenvalue weighted by molar-refractivity contribution is 7.73. The van der Waals surface area contributed by atoms with Crippen molar-refractivity contribution < 1.29 is 13.2 Å². The van der Waals surface area contributed by atoms with Gasteiger partial charge in [-0.05, 0) is 66.8 Å². The number of hydrogen-bond acceptors (Lipinski definition) is 0. The van der Waals surface area contributed by atoms with Crippen molar-refractivity contribution in [2.24, 2.45) is 0 Å². The molecule has 32 heavy (non-hydrogen) atoms. The Labute approximate surface area is 191 Å². The summed E-state index contributed by atoms with van der Waals surface area (Å²) in [5.74, 6) is -2.40. The monoisotopic (exact) mass is 467 g/mol. The van der Waals surface area contributed by atoms with Crippen molar-refractivity contribution in [1.29, 1.82) is 0 Å². The van der Waals surface area contributed by atoms with Gasteiger partial charge >= 0.3 is 5.92 Å². The Kier molecular flexibility index (Phi) is 7.70. The molecule has 0 aliphatic heterocycles. The minimum absolute atomic E-state index is 0.0161. The van der Waals surface area contributed by atoms with Crippen LogP contribution in [0.4, 0.5) is 13.2 Å². The molecule has 0 spiro atoms. The van der Waals surface area contributed by atoms with Crippen LogP contribution in [-0.2, 0) is 0 Å². The molecule has 0 saturated heterocycles. The van der Waals surface area contributed by atoms with Crippen LogP contribution < -0.4 is 15.9 Å². The Bertz CT molecular complexity index is 921. The molecule has 0 amide bonds. The molecule has 1 aliphatic rings. The summed E-state index contributed by atoms with van der Waals surface area (Å²) in [5, 5.41) is 2.84. The summed E-state index contributed by atoms with van der Waals surface area (Å²) in [6.07, 6.45) is 5.80. The first-order valence-corrected chi connectivity index (χ1v) is 13.4. The Morgan fingerprint density at radius 2 is 1.16 bits per heavy atom. The molecule has 0 unspecified atom stereocenters. The second-order valence-electron chi connectivity index (χ2n) is 7.61. The molecule has 1 saturated carbocycles. The minimum atomic E-state index is -4.24. The van der Waals surface area contributed by atoms with E-state index in [9.17, 15) is 13.2 Å². The van der Waals surface area contributed by atoms with Gasteiger partial charge in [-0.1, -0.05) is 97.9 Å². The fourth-order valence-electron chi connectivity index (χ4n) is 4.04. The maximum absolute atomic E-state index is 14.1. The molecule has 4 rings (SSSR count). The summed E-state index contributed by atoms with van der Waals surface area (Å²) in [6, 6.07) is 29.0. The van der Waals surface area contributed by atoms with Gasteiger partial charge in [-0.25, -0.2) is 0 Å². The number of benzene rings is 3. The molecule has 1 fully saturated rings. The van der Waals surface area contributed by atoms with E-state index in [0.717, 1.165) is 11.8 Å². The lowest BCUT2D eigenvalue weighted by Gasteiger charge is -2.34. The van der Waals surface area contributed by atoms with Crippen molar-refractivity contribution in [3.8, 4) is 0 Å². The fourth-order valence-corrected chi connectivity index (χ4v) is 8.57. The second-order valence-corrected chi connectivity index (χ2v) is 12.4. The molecule has 2 atom stereocenters. The smallest absolute Gasteiger partial charge is 0.167 e. The Morgan fingerprint density at radius 1 is 0.688 bits per heavy atom. The summed E-state index contributed by atoms with van der Waals surface area (Å²) < 4.78 is 42.2. The average molecular weight is 467 g/mol. The Hall–Kier alpha value is -1.69. The molecule has 0 nitrogen and oxygen atoms in total. The number of rotatable bonds is 7. The van der Waals surface area contributed by atoms with Crippen LogP contribution in [0.2, 0.25) is 0 Å². The molecule has 3 aromatic rings. The van der Waals surface area contributed by atoms with E-state index in [0.29, 0.717) is 5.30 Å². The summed E-state index contributed by atoms with van der Waals surface area (Å²) >= 11 is 0. The Morgan fingerprint density at radius 3 is 1.62 bits per heavy atom. The van der Waals surface area contributed by atoms with Crippen LogP contribution in [0, 0.1) is 31.1 Å². The van der Waals surface area contributed by atoms with E-state index >= 15 is 0 Å². The van der Waals surface area contributed by atoms with Crippen molar-refractivity contribution in [3.05, 3.63) is 122 Å². The van der Waals surface area contributed by atoms with Crippen molar-refractivity contribution in [2.45, 2.75) is 18.5 Å². The van der Waals surface area contributed by atoms with Crippen molar-refractivity contribution in [1.82, 2.24) is 0 Å². The standard InChI is InChI=1S/C27H24F3P2/c1-21(32(24-15-7-3-8-16-24)25-17-9-4-10-18-25)26-19-11-12-22(26)20-31(27(28,29)30)23-13-5-2-6-14-23/h2-19,21H,20H2,1H3/t21-,31-/m1/s1. The van der Waals surface area contributed by atoms with Crippen molar-refractivity contribution in [2.75, 3.05) is 6.16 Å². The van der Waals surface area contributed by atoms with Crippen molar-refractivity contribution in [3.63, 3.8) is 0 Å². The van der Waals surface area contributed by atoms with Gasteiger partial charge < -0.3 is 0 Å². The third-order valence-corrected chi connectivity index (χ3v) is 10.5. The van der Waals surface area contributed by atoms with Gasteiger partial charge in [0.05, 0.1) is 0 Å². The summed E-state index contributed by atoms with van der Waals surface area (Å²) in [5.41, 5.74) is 0.0978. The quantitative estimate of drug-likeness (QED) is 0.343. The average Bonchev–Trinajstić information content (AvgIpc) is 3.27. The zero-order valence-electron chi connectivity index (χ0n) is 17.7. The highest BCUT2D eigenvalue weighted by Crippen LogP contribution is 2.58. The lowest BCUT2D eigenvalue weighted by atomic mass is 9.95. The van der Waals surface area contributed by atoms with Crippen LogP contribution in [0.3, 0.4) is 0 Å². The summed E-state index contributed by atoms with van der Waals surface area (Å²) in [6.45, 7) is 2.16. The van der Waals surface area contributed by atoms with Crippen LogP contribution in [-0.4, -0.2) is 17.7 Å². The maximum Gasteiger partial charge on any atom is 0.409 e. The van der Waals surface area contributed by atoms with Gasteiger partial charge in [-0.3, -0.25) is 0 Å². The third kappa shape index (κ3) is 5.44. The molecule has 0 bridgehead atoms. The number of halogens is 3. The van der Waals surface area contributed by atoms with E-state index in [-0.39, 0.29) is 11.8 Å². The first kappa shape index (κ1) is 23.5. The largest absolute Gasteiger partial charge is 0.409 e. The number of alkyl halides is 3. The molecular weight excluding hydrogens is 443 g/mol. The van der Waals surface area contributed by atoms with E-state index in [2.05, 4.69) is 31.2 Å². The SMILES string of the molecule is C[C@H]([C]1[CH][CH][CH][C]1C[P@](c1ccccc1)C(F)(F)F)P(c1ccccc1)c1ccccc1. The Balaban J connectivity index is 1.62. The normalized spacial score (nSPS) is 17.5. The van der Waals surface area contributed by atoms with E-state index in [1.807, 2.05) is 55.7 Å². The molecule has 0 N–H and O–H groups in total. The van der Waals surface area contributed by atoms with Crippen LogP contribution in [0.5, 0.6) is 0 Å². The van der Waals surface area contributed by atoms with Gasteiger partial charge in [0.1, 0.15) is 0 Å². The predicted octanol–water partition coefficient (Wildman–Crippen LogP) is 6.61. The lowest BCUT2D eigenvalue weighted by Crippen LogP contribution is -2.29. The molecule has 163 valence electrons. The van der Waals surface area contributed by atoms with Gasteiger partial charge in [-0.2, -0.15) is 13.2 Å². The zero-order valence-corrected chi connectivity index (χ0v) is 19.5. The molecule has 0 heterocycles. The maximum atomic E-state index is 14.1. The van der Waals surface area contributed by atoms with Gasteiger partial charge in [-0.15, -0.1) is 0 Å². The topological polar surface area (TPSA) is 0 Å². The van der Waals surface area contributed by atoms with Gasteiger partial charge in [0.2, 0.25) is 0 Å². The number of hydrogen-bond donors (Lipinski definition) is 0. The minimum Gasteiger partial charge on any atom is -0.167 e. The molecular formula is C27H24F3P2. The molecule has 5 heteroatoms. The van der Waals surface area contributed by atoms with Crippen LogP contribution in [0.15, 0.2) is 91.0 Å². The van der Waals surface area contributed by atoms with E-state index in [4.69, 9.17) is 0 Å². The highest BCUT2D eigenvalue weighted by Gasteiger charge is 2.45. The van der Waals surface area contributed by atoms with Gasteiger partial charge in [0.25, 0.3) is 0 Å². The lowest BCUT2D eigenvalue weighted by molar-refractivity contribution is -0.0390. The molecule has 1 aliphatic carbocycles. The van der Waals surface area contributed by atoms with Gasteiger partial charge in [0.15, 0.2) is 0 Å². The summed E-state index contributed by atoms with van der Waals surface area (Å²) in [7, 11) is -3.07. The second kappa shape index (κ2) is 10.5. The third-order valence-electron chi connectivity index (χ3n) is 5.55. The van der Waals surface area contributed by atoms with Crippen LogP contribution in [0.1, 0.15) is 6.92 Å². The fraction of sp³-hybridized carbons (Fsp3) is 0.148. The van der Waals surface area contributed by atoms with Crippen LogP contribution in [0.25, 0.3) is 0 Å². The van der Waals surface area contributed by atoms with Crippen LogP contribution >= 0.6 is 15.8 Å². The van der Waals surface area contributed by atoms with Crippen molar-refractivity contribution >= 4 is 31.8 Å². The molecule has 0 aromatic heterocycles. The first-order valence-electron chi connectivity index (χ1n) is 10.5. The van der Waals surface area contributed by atoms with E-state index < -0.39 is 21.8 Å². The van der Waals surface area contributed by atoms with E-state index in [1.165, 1.54) is 10.6 Å². The molecule has 3 aromatic carbocycles. The van der Waals surface area contributed by atoms with E-state index in [1.54, 1.807) is 30.3 Å². The highest BCUT2D eigenvalue weighted by atomic mass is 31.1.